The predicted octanol–water partition coefficient (Wildman–Crippen LogP) is 3.62. The van der Waals surface area contributed by atoms with Crippen LogP contribution in [0.4, 0.5) is 5.95 Å². The van der Waals surface area contributed by atoms with Crippen molar-refractivity contribution in [1.29, 1.82) is 0 Å². The molecule has 1 aromatic carbocycles. The molecule has 3 N–H and O–H groups in total. The molecule has 3 aromatic rings. The summed E-state index contributed by atoms with van der Waals surface area (Å²) in [6.07, 6.45) is 1.98. The van der Waals surface area contributed by atoms with Crippen LogP contribution in [0.25, 0.3) is 10.6 Å². The molecule has 136 valence electrons. The van der Waals surface area contributed by atoms with Crippen LogP contribution in [-0.4, -0.2) is 24.9 Å². The van der Waals surface area contributed by atoms with Crippen molar-refractivity contribution in [2.75, 3.05) is 12.3 Å². The van der Waals surface area contributed by atoms with Crippen LogP contribution < -0.4 is 10.5 Å². The molecule has 2 heterocycles. The molecule has 0 bridgehead atoms. The van der Waals surface area contributed by atoms with E-state index in [1.807, 2.05) is 0 Å². The summed E-state index contributed by atoms with van der Waals surface area (Å²) in [4.78, 5) is 8.61. The van der Waals surface area contributed by atoms with E-state index in [1.54, 1.807) is 30.3 Å². The lowest BCUT2D eigenvalue weighted by atomic mass is 10.1. The van der Waals surface area contributed by atoms with E-state index in [-0.39, 0.29) is 16.7 Å². The second-order valence-corrected chi connectivity index (χ2v) is 9.22. The van der Waals surface area contributed by atoms with Crippen LogP contribution in [0, 0.1) is 0 Å². The zero-order chi connectivity index (χ0) is 18.7. The van der Waals surface area contributed by atoms with E-state index >= 15 is 0 Å². The predicted molar refractivity (Wildman–Crippen MR) is 105 cm³/mol. The molecule has 0 aliphatic heterocycles. The molecule has 6 nitrogen and oxygen atoms in total. The minimum atomic E-state index is -3.62. The quantitative estimate of drug-likeness (QED) is 0.624. The molecular formula is C16H14Cl2N4O2S2. The van der Waals surface area contributed by atoms with E-state index in [0.29, 0.717) is 27.0 Å². The Morgan fingerprint density at radius 1 is 1.15 bits per heavy atom. The number of anilines is 1. The Kier molecular flexibility index (Phi) is 5.79. The van der Waals surface area contributed by atoms with Crippen LogP contribution in [0.3, 0.4) is 0 Å². The molecule has 0 atom stereocenters. The van der Waals surface area contributed by atoms with Crippen molar-refractivity contribution in [2.45, 2.75) is 10.6 Å². The van der Waals surface area contributed by atoms with Crippen LogP contribution in [-0.2, 0) is 16.4 Å². The van der Waals surface area contributed by atoms with Crippen molar-refractivity contribution in [2.24, 2.45) is 0 Å². The zero-order valence-corrected chi connectivity index (χ0v) is 16.5. The Balaban J connectivity index is 1.69. The van der Waals surface area contributed by atoms with Gasteiger partial charge in [0.1, 0.15) is 4.21 Å². The van der Waals surface area contributed by atoms with Crippen molar-refractivity contribution in [3.8, 4) is 10.6 Å². The molecule has 26 heavy (non-hydrogen) atoms. The molecule has 0 aliphatic carbocycles. The highest BCUT2D eigenvalue weighted by molar-refractivity contribution is 7.91. The summed E-state index contributed by atoms with van der Waals surface area (Å²) in [7, 11) is -3.62. The molecule has 3 rings (SSSR count). The highest BCUT2D eigenvalue weighted by Gasteiger charge is 2.17. The largest absolute Gasteiger partial charge is 0.368 e. The summed E-state index contributed by atoms with van der Waals surface area (Å²) in [5, 5.41) is 1.05. The summed E-state index contributed by atoms with van der Waals surface area (Å²) in [6, 6.07) is 10.0. The molecule has 0 spiro atoms. The monoisotopic (exact) mass is 428 g/mol. The van der Waals surface area contributed by atoms with Gasteiger partial charge in [0.2, 0.25) is 16.0 Å². The first-order valence-electron chi connectivity index (χ1n) is 7.47. The number of hydrogen-bond donors (Lipinski definition) is 2. The molecule has 0 radical (unpaired) electrons. The second-order valence-electron chi connectivity index (χ2n) is 5.30. The number of sulfonamides is 1. The Morgan fingerprint density at radius 3 is 2.69 bits per heavy atom. The zero-order valence-electron chi connectivity index (χ0n) is 13.3. The van der Waals surface area contributed by atoms with E-state index < -0.39 is 10.0 Å². The third kappa shape index (κ3) is 4.52. The molecule has 2 aromatic heterocycles. The van der Waals surface area contributed by atoms with Gasteiger partial charge in [-0.3, -0.25) is 0 Å². The average molecular weight is 429 g/mol. The van der Waals surface area contributed by atoms with E-state index in [4.69, 9.17) is 28.9 Å². The minimum Gasteiger partial charge on any atom is -0.368 e. The first-order valence-corrected chi connectivity index (χ1v) is 10.5. The van der Waals surface area contributed by atoms with Gasteiger partial charge in [-0.15, -0.1) is 11.3 Å². The highest BCUT2D eigenvalue weighted by Crippen LogP contribution is 2.29. The lowest BCUT2D eigenvalue weighted by molar-refractivity contribution is 0.584. The fraction of sp³-hybridized carbons (Fsp3) is 0.125. The van der Waals surface area contributed by atoms with Crippen molar-refractivity contribution in [1.82, 2.24) is 14.7 Å². The number of hydrogen-bond acceptors (Lipinski definition) is 6. The summed E-state index contributed by atoms with van der Waals surface area (Å²) in [5.74, 6) is 0.137. The highest BCUT2D eigenvalue weighted by atomic mass is 35.5. The summed E-state index contributed by atoms with van der Waals surface area (Å²) in [5.41, 5.74) is 6.97. The molecule has 0 unspecified atom stereocenters. The van der Waals surface area contributed by atoms with Crippen LogP contribution in [0.5, 0.6) is 0 Å². The Labute approximate surface area is 165 Å². The summed E-state index contributed by atoms with van der Waals surface area (Å²) < 4.78 is 27.7. The Morgan fingerprint density at radius 2 is 1.96 bits per heavy atom. The van der Waals surface area contributed by atoms with Gasteiger partial charge >= 0.3 is 0 Å². The third-order valence-corrected chi connectivity index (χ3v) is 7.12. The van der Waals surface area contributed by atoms with Crippen molar-refractivity contribution in [3.63, 3.8) is 0 Å². The van der Waals surface area contributed by atoms with Gasteiger partial charge in [-0.05, 0) is 42.3 Å². The third-order valence-electron chi connectivity index (χ3n) is 3.47. The Hall–Kier alpha value is -1.71. The van der Waals surface area contributed by atoms with E-state index in [1.165, 1.54) is 12.3 Å². The van der Waals surface area contributed by atoms with E-state index in [0.717, 1.165) is 16.9 Å². The maximum atomic E-state index is 12.5. The number of aromatic nitrogens is 2. The molecule has 10 heteroatoms. The fourth-order valence-corrected chi connectivity index (χ4v) is 5.08. The summed E-state index contributed by atoms with van der Waals surface area (Å²) in [6.45, 7) is 0.220. The van der Waals surface area contributed by atoms with Crippen LogP contribution in [0.1, 0.15) is 5.56 Å². The maximum absolute atomic E-state index is 12.5. The standard InChI is InChI=1S/C16H14Cl2N4O2S2/c17-11-2-1-10(12(18)9-11)5-8-21-26(23,24)15-4-3-14(25-15)13-6-7-20-16(19)22-13/h1-4,6-7,9,21H,5,8H2,(H2,19,20,22). The van der Waals surface area contributed by atoms with Gasteiger partial charge in [-0.2, -0.15) is 0 Å². The number of nitrogens with one attached hydrogen (secondary N) is 1. The van der Waals surface area contributed by atoms with Gasteiger partial charge < -0.3 is 5.73 Å². The molecule has 0 saturated carbocycles. The van der Waals surface area contributed by atoms with Gasteiger partial charge in [-0.1, -0.05) is 29.3 Å². The Bertz CT molecular complexity index is 1040. The normalized spacial score (nSPS) is 11.6. The van der Waals surface area contributed by atoms with E-state index in [2.05, 4.69) is 14.7 Å². The first kappa shape index (κ1) is 19.1. The topological polar surface area (TPSA) is 98.0 Å². The van der Waals surface area contributed by atoms with Crippen molar-refractivity contribution < 1.29 is 8.42 Å². The molecule has 0 saturated heterocycles. The maximum Gasteiger partial charge on any atom is 0.250 e. The number of halogens is 2. The lowest BCUT2D eigenvalue weighted by Gasteiger charge is -2.07. The second kappa shape index (κ2) is 7.89. The smallest absolute Gasteiger partial charge is 0.250 e. The fourth-order valence-electron chi connectivity index (χ4n) is 2.23. The van der Waals surface area contributed by atoms with E-state index in [9.17, 15) is 8.42 Å². The van der Waals surface area contributed by atoms with Crippen LogP contribution in [0.15, 0.2) is 46.8 Å². The molecule has 0 fully saturated rings. The molecule has 0 amide bonds. The van der Waals surface area contributed by atoms with Crippen molar-refractivity contribution in [3.05, 3.63) is 58.2 Å². The lowest BCUT2D eigenvalue weighted by Crippen LogP contribution is -2.25. The first-order chi connectivity index (χ1) is 12.3. The van der Waals surface area contributed by atoms with Gasteiger partial charge in [0.25, 0.3) is 0 Å². The van der Waals surface area contributed by atoms with Gasteiger partial charge in [0, 0.05) is 22.8 Å². The SMILES string of the molecule is Nc1nccc(-c2ccc(S(=O)(=O)NCCc3ccc(Cl)cc3Cl)s2)n1. The van der Waals surface area contributed by atoms with Gasteiger partial charge in [-0.25, -0.2) is 23.1 Å². The van der Waals surface area contributed by atoms with Gasteiger partial charge in [0.15, 0.2) is 0 Å². The summed E-state index contributed by atoms with van der Waals surface area (Å²) >= 11 is 13.1. The van der Waals surface area contributed by atoms with Gasteiger partial charge in [0.05, 0.1) is 10.6 Å². The van der Waals surface area contributed by atoms with Crippen LogP contribution in [0.2, 0.25) is 10.0 Å². The van der Waals surface area contributed by atoms with Crippen molar-refractivity contribution >= 4 is 50.5 Å². The average Bonchev–Trinajstić information content (AvgIpc) is 3.08. The number of nitrogens with two attached hydrogens (primary N) is 1. The minimum absolute atomic E-state index is 0.137. The molecular weight excluding hydrogens is 415 g/mol. The molecule has 0 aliphatic rings. The van der Waals surface area contributed by atoms with Crippen LogP contribution >= 0.6 is 34.5 Å². The number of rotatable bonds is 6. The number of thiophene rings is 1. The number of benzene rings is 1. The number of nitrogens with zero attached hydrogens (tertiary/aromatic N) is 2. The number of nitrogen functional groups attached to an aromatic ring is 1.